The molecule has 64 heavy (non-hydrogen) atoms. The molecule has 4 heterocycles. The number of aromatic nitrogens is 8. The van der Waals surface area contributed by atoms with Crippen LogP contribution < -0.4 is 10.6 Å². The lowest BCUT2D eigenvalue weighted by Gasteiger charge is -2.12. The molecule has 2 N–H and O–H groups in total. The van der Waals surface area contributed by atoms with Crippen molar-refractivity contribution in [3.63, 3.8) is 0 Å². The summed E-state index contributed by atoms with van der Waals surface area (Å²) in [5, 5.41) is 24.5. The van der Waals surface area contributed by atoms with Crippen LogP contribution in [-0.2, 0) is 13.1 Å². The maximum Gasteiger partial charge on any atom is 0.202 e. The summed E-state index contributed by atoms with van der Waals surface area (Å²) in [7, 11) is 0. The van der Waals surface area contributed by atoms with Crippen molar-refractivity contribution >= 4 is 11.6 Å². The molecule has 0 saturated heterocycles. The summed E-state index contributed by atoms with van der Waals surface area (Å²) in [5.74, 6) is 2.34. The molecule has 0 aliphatic carbocycles. The van der Waals surface area contributed by atoms with Gasteiger partial charge in [0.2, 0.25) is 11.6 Å². The number of pyridine rings is 2. The first-order valence-corrected chi connectivity index (χ1v) is 20.9. The molecule has 0 radical (unpaired) electrons. The van der Waals surface area contributed by atoms with Crippen molar-refractivity contribution in [2.45, 2.75) is 13.1 Å². The van der Waals surface area contributed by atoms with Crippen molar-refractivity contribution in [2.75, 3.05) is 10.6 Å². The van der Waals surface area contributed by atoms with Crippen LogP contribution in [-0.4, -0.2) is 40.3 Å². The molecule has 0 atom stereocenters. The second-order valence-electron chi connectivity index (χ2n) is 14.7. The maximum absolute atomic E-state index is 4.75. The molecule has 4 aromatic heterocycles. The van der Waals surface area contributed by atoms with Gasteiger partial charge in [-0.1, -0.05) is 182 Å². The summed E-state index contributed by atoms with van der Waals surface area (Å²) in [4.78, 5) is 18.2. The van der Waals surface area contributed by atoms with E-state index in [0.29, 0.717) is 59.1 Å². The van der Waals surface area contributed by atoms with Crippen molar-refractivity contribution < 1.29 is 0 Å². The molecule has 0 spiro atoms. The minimum absolute atomic E-state index is 0.493. The largest absolute Gasteiger partial charge is 0.364 e. The number of nitrogens with one attached hydrogen (secondary N) is 2. The average Bonchev–Trinajstić information content (AvgIpc) is 3.39. The number of anilines is 2. The molecule has 10 aromatic rings. The molecule has 6 aromatic carbocycles. The van der Waals surface area contributed by atoms with E-state index in [0.717, 1.165) is 22.3 Å². The predicted molar refractivity (Wildman–Crippen MR) is 255 cm³/mol. The lowest BCUT2D eigenvalue weighted by molar-refractivity contribution is 0.965. The molecule has 0 aliphatic rings. The molecular formula is C54H42N10. The second-order valence-corrected chi connectivity index (χ2v) is 14.7. The van der Waals surface area contributed by atoms with Crippen LogP contribution in [0.15, 0.2) is 219 Å². The number of rotatable bonds is 12. The Hall–Kier alpha value is -8.76. The van der Waals surface area contributed by atoms with Gasteiger partial charge in [0.15, 0.2) is 11.6 Å². The Labute approximate surface area is 371 Å². The van der Waals surface area contributed by atoms with Crippen LogP contribution in [0, 0.1) is 0 Å². The highest BCUT2D eigenvalue weighted by Gasteiger charge is 2.15. The molecule has 0 amide bonds. The summed E-state index contributed by atoms with van der Waals surface area (Å²) in [5.41, 5.74) is 11.8. The first-order chi connectivity index (χ1) is 31.7. The van der Waals surface area contributed by atoms with E-state index < -0.39 is 0 Å². The minimum Gasteiger partial charge on any atom is -0.364 e. The fourth-order valence-electron chi connectivity index (χ4n) is 6.95. The van der Waals surface area contributed by atoms with E-state index in [1.165, 1.54) is 22.3 Å². The third-order valence-corrected chi connectivity index (χ3v) is 10.3. The Morgan fingerprint density at radius 2 is 0.625 bits per heavy atom. The summed E-state index contributed by atoms with van der Waals surface area (Å²) in [6.45, 7) is 1.24. The van der Waals surface area contributed by atoms with Gasteiger partial charge in [0.25, 0.3) is 0 Å². The van der Waals surface area contributed by atoms with E-state index in [4.69, 9.17) is 9.97 Å². The summed E-state index contributed by atoms with van der Waals surface area (Å²) < 4.78 is 0. The Morgan fingerprint density at radius 1 is 0.297 bits per heavy atom. The third-order valence-electron chi connectivity index (χ3n) is 10.3. The lowest BCUT2D eigenvalue weighted by atomic mass is 10.0. The highest BCUT2D eigenvalue weighted by molar-refractivity contribution is 5.74. The molecule has 10 rings (SSSR count). The van der Waals surface area contributed by atoms with Crippen LogP contribution in [0.3, 0.4) is 0 Å². The fraction of sp³-hybridized carbons (Fsp3) is 0.0370. The molecule has 0 bridgehead atoms. The van der Waals surface area contributed by atoms with Gasteiger partial charge < -0.3 is 10.6 Å². The van der Waals surface area contributed by atoms with Crippen molar-refractivity contribution in [2.24, 2.45) is 0 Å². The number of hydrogen-bond donors (Lipinski definition) is 2. The lowest BCUT2D eigenvalue weighted by Crippen LogP contribution is -2.07. The van der Waals surface area contributed by atoms with Crippen molar-refractivity contribution in [3.05, 3.63) is 230 Å². The minimum atomic E-state index is 0.493. The van der Waals surface area contributed by atoms with Gasteiger partial charge >= 0.3 is 0 Å². The third kappa shape index (κ3) is 10.2. The zero-order chi connectivity index (χ0) is 43.2. The van der Waals surface area contributed by atoms with Crippen LogP contribution in [0.25, 0.3) is 67.8 Å². The fourth-order valence-corrected chi connectivity index (χ4v) is 6.95. The molecule has 0 fully saturated rings. The zero-order valence-electron chi connectivity index (χ0n) is 34.8. The number of nitrogens with zero attached hydrogens (tertiary/aromatic N) is 8. The maximum atomic E-state index is 4.75. The van der Waals surface area contributed by atoms with Crippen LogP contribution >= 0.6 is 0 Å². The van der Waals surface area contributed by atoms with E-state index in [1.54, 1.807) is 12.4 Å². The zero-order valence-corrected chi connectivity index (χ0v) is 34.8. The topological polar surface area (TPSA) is 127 Å². The second kappa shape index (κ2) is 20.2. The Bertz CT molecular complexity index is 2790. The summed E-state index contributed by atoms with van der Waals surface area (Å²) in [6.07, 6.45) is 3.45. The SMILES string of the molecule is c1ccc(-c2ccc(CNc3nc(-c4ccccn4)nnc3-c3ccccc3)cc2)cc1.c1ccc(-c2ccc(CNc3nc(-c4ccccn4)nnc3-c3ccccc3)cc2)cc1. The first kappa shape index (κ1) is 40.6. The molecule has 308 valence electrons. The van der Waals surface area contributed by atoms with Crippen molar-refractivity contribution in [3.8, 4) is 67.8 Å². The normalized spacial score (nSPS) is 10.6. The molecule has 0 unspecified atom stereocenters. The summed E-state index contributed by atoms with van der Waals surface area (Å²) >= 11 is 0. The van der Waals surface area contributed by atoms with Crippen LogP contribution in [0.2, 0.25) is 0 Å². The van der Waals surface area contributed by atoms with Gasteiger partial charge in [0, 0.05) is 36.6 Å². The molecule has 10 nitrogen and oxygen atoms in total. The summed E-state index contributed by atoms with van der Waals surface area (Å²) in [6, 6.07) is 69.1. The van der Waals surface area contributed by atoms with Gasteiger partial charge in [-0.25, -0.2) is 9.97 Å². The molecule has 10 heteroatoms. The van der Waals surface area contributed by atoms with Gasteiger partial charge in [0.05, 0.1) is 0 Å². The Morgan fingerprint density at radius 3 is 0.969 bits per heavy atom. The van der Waals surface area contributed by atoms with Gasteiger partial charge in [-0.05, 0) is 57.6 Å². The average molecular weight is 831 g/mol. The standard InChI is InChI=1S/2C27H21N5/c2*1-3-9-21(10-4-1)22-16-14-20(15-17-22)19-29-27-25(23-11-5-2-6-12-23)31-32-26(30-27)24-13-7-8-18-28-24/h2*1-18H,19H2,(H,29,30,32). The van der Waals surface area contributed by atoms with Gasteiger partial charge in [-0.15, -0.1) is 20.4 Å². The monoisotopic (exact) mass is 830 g/mol. The molecular weight excluding hydrogens is 789 g/mol. The first-order valence-electron chi connectivity index (χ1n) is 20.9. The Kier molecular flexibility index (Phi) is 12.8. The smallest absolute Gasteiger partial charge is 0.202 e. The van der Waals surface area contributed by atoms with Gasteiger partial charge in [0.1, 0.15) is 22.8 Å². The highest BCUT2D eigenvalue weighted by atomic mass is 15.2. The van der Waals surface area contributed by atoms with Crippen molar-refractivity contribution in [1.29, 1.82) is 0 Å². The van der Waals surface area contributed by atoms with Crippen molar-refractivity contribution in [1.82, 2.24) is 40.3 Å². The molecule has 0 saturated carbocycles. The van der Waals surface area contributed by atoms with E-state index in [-0.39, 0.29) is 0 Å². The predicted octanol–water partition coefficient (Wildman–Crippen LogP) is 11.8. The van der Waals surface area contributed by atoms with Crippen LogP contribution in [0.1, 0.15) is 11.1 Å². The van der Waals surface area contributed by atoms with E-state index in [1.807, 2.05) is 109 Å². The number of benzene rings is 6. The van der Waals surface area contributed by atoms with Gasteiger partial charge in [-0.3, -0.25) is 9.97 Å². The Balaban J connectivity index is 0.000000162. The van der Waals surface area contributed by atoms with E-state index in [2.05, 4.69) is 138 Å². The van der Waals surface area contributed by atoms with E-state index in [9.17, 15) is 0 Å². The van der Waals surface area contributed by atoms with E-state index >= 15 is 0 Å². The van der Waals surface area contributed by atoms with Gasteiger partial charge in [-0.2, -0.15) is 0 Å². The van der Waals surface area contributed by atoms with Crippen LogP contribution in [0.4, 0.5) is 11.6 Å². The highest BCUT2D eigenvalue weighted by Crippen LogP contribution is 2.28. The number of hydrogen-bond acceptors (Lipinski definition) is 10. The van der Waals surface area contributed by atoms with Crippen LogP contribution in [0.5, 0.6) is 0 Å². The quantitative estimate of drug-likeness (QED) is 0.123. The molecule has 0 aliphatic heterocycles.